The number of aliphatic hydroxyl groups is 1. The molecule has 1 heteroatoms. The van der Waals surface area contributed by atoms with Crippen molar-refractivity contribution in [3.8, 4) is 0 Å². The number of rotatable bonds is 2. The molecule has 64 valence electrons. The third-order valence-electron chi connectivity index (χ3n) is 3.52. The second-order valence-electron chi connectivity index (χ2n) is 4.39. The monoisotopic (exact) mass is 154 g/mol. The molecule has 3 atom stereocenters. The second-order valence-corrected chi connectivity index (χ2v) is 4.39. The van der Waals surface area contributed by atoms with Gasteiger partial charge < -0.3 is 5.11 Å². The van der Waals surface area contributed by atoms with Crippen LogP contribution in [-0.2, 0) is 0 Å². The Hall–Kier alpha value is -0.0400. The highest BCUT2D eigenvalue weighted by Crippen LogP contribution is 2.45. The largest absolute Gasteiger partial charge is 0.396 e. The molecule has 0 radical (unpaired) electrons. The van der Waals surface area contributed by atoms with Crippen LogP contribution in [0.5, 0.6) is 0 Å². The highest BCUT2D eigenvalue weighted by Gasteiger charge is 2.33. The molecule has 2 aliphatic carbocycles. The van der Waals surface area contributed by atoms with E-state index in [1.807, 2.05) is 0 Å². The van der Waals surface area contributed by atoms with Gasteiger partial charge in [0.15, 0.2) is 0 Å². The summed E-state index contributed by atoms with van der Waals surface area (Å²) < 4.78 is 0. The molecule has 1 N–H and O–H groups in total. The molecule has 1 nitrogen and oxygen atoms in total. The molecule has 2 aliphatic rings. The molecule has 0 amide bonds. The van der Waals surface area contributed by atoms with E-state index in [1.165, 1.54) is 32.1 Å². The first-order valence-corrected chi connectivity index (χ1v) is 4.99. The zero-order valence-corrected chi connectivity index (χ0v) is 7.13. The van der Waals surface area contributed by atoms with Gasteiger partial charge in [-0.25, -0.2) is 0 Å². The lowest BCUT2D eigenvalue weighted by Crippen LogP contribution is -2.16. The Labute approximate surface area is 68.8 Å². The van der Waals surface area contributed by atoms with E-state index in [9.17, 15) is 0 Å². The molecule has 0 saturated heterocycles. The van der Waals surface area contributed by atoms with Crippen LogP contribution in [0, 0.1) is 17.8 Å². The minimum Gasteiger partial charge on any atom is -0.396 e. The lowest BCUT2D eigenvalue weighted by molar-refractivity contribution is 0.196. The maximum atomic E-state index is 8.81. The molecule has 0 heterocycles. The van der Waals surface area contributed by atoms with Crippen LogP contribution in [0.2, 0.25) is 0 Å². The van der Waals surface area contributed by atoms with E-state index in [4.69, 9.17) is 5.11 Å². The molecule has 2 fully saturated rings. The van der Waals surface area contributed by atoms with Crippen LogP contribution < -0.4 is 0 Å². The predicted molar refractivity (Wildman–Crippen MR) is 45.3 cm³/mol. The molecule has 11 heavy (non-hydrogen) atoms. The average molecular weight is 154 g/mol. The average Bonchev–Trinajstić information content (AvgIpc) is 2.32. The van der Waals surface area contributed by atoms with Crippen molar-refractivity contribution in [1.82, 2.24) is 0 Å². The van der Waals surface area contributed by atoms with Gasteiger partial charge >= 0.3 is 0 Å². The van der Waals surface area contributed by atoms with Crippen LogP contribution >= 0.6 is 0 Å². The standard InChI is InChI=1S/C10H18O/c11-4-3-10-6-8-1-2-9(5-8)7-10/h8-11H,1-7H2/t8-,9+,10+. The summed E-state index contributed by atoms with van der Waals surface area (Å²) in [4.78, 5) is 0. The van der Waals surface area contributed by atoms with Gasteiger partial charge in [0.2, 0.25) is 0 Å². The molecule has 0 aromatic carbocycles. The van der Waals surface area contributed by atoms with Gasteiger partial charge in [0.05, 0.1) is 0 Å². The topological polar surface area (TPSA) is 20.2 Å². The Kier molecular flexibility index (Phi) is 2.17. The molecule has 0 spiro atoms. The van der Waals surface area contributed by atoms with Crippen LogP contribution in [0.3, 0.4) is 0 Å². The van der Waals surface area contributed by atoms with Crippen molar-refractivity contribution in [3.05, 3.63) is 0 Å². The van der Waals surface area contributed by atoms with Gasteiger partial charge in [-0.1, -0.05) is 12.8 Å². The van der Waals surface area contributed by atoms with Crippen LogP contribution in [-0.4, -0.2) is 11.7 Å². The minimum absolute atomic E-state index is 0.407. The first-order valence-electron chi connectivity index (χ1n) is 4.99. The molecular weight excluding hydrogens is 136 g/mol. The highest BCUT2D eigenvalue weighted by molar-refractivity contribution is 4.84. The van der Waals surface area contributed by atoms with Crippen molar-refractivity contribution in [2.75, 3.05) is 6.61 Å². The van der Waals surface area contributed by atoms with Crippen LogP contribution in [0.25, 0.3) is 0 Å². The van der Waals surface area contributed by atoms with Gasteiger partial charge in [-0.15, -0.1) is 0 Å². The molecule has 2 bridgehead atoms. The van der Waals surface area contributed by atoms with E-state index in [0.717, 1.165) is 24.2 Å². The molecular formula is C10H18O. The van der Waals surface area contributed by atoms with Crippen molar-refractivity contribution < 1.29 is 5.11 Å². The van der Waals surface area contributed by atoms with Gasteiger partial charge in [-0.3, -0.25) is 0 Å². The SMILES string of the molecule is OCC[C@@H]1C[C@H]2CC[C@@H](C1)C2. The smallest absolute Gasteiger partial charge is 0.0433 e. The first kappa shape index (κ1) is 7.60. The number of hydrogen-bond donors (Lipinski definition) is 1. The summed E-state index contributed by atoms with van der Waals surface area (Å²) in [6, 6.07) is 0. The summed E-state index contributed by atoms with van der Waals surface area (Å²) in [7, 11) is 0. The Morgan fingerprint density at radius 2 is 1.64 bits per heavy atom. The number of hydrogen-bond acceptors (Lipinski definition) is 1. The van der Waals surface area contributed by atoms with E-state index in [1.54, 1.807) is 0 Å². The fourth-order valence-corrected chi connectivity index (χ4v) is 3.06. The molecule has 2 saturated carbocycles. The third kappa shape index (κ3) is 1.58. The predicted octanol–water partition coefficient (Wildman–Crippen LogP) is 2.20. The van der Waals surface area contributed by atoms with Gasteiger partial charge in [-0.05, 0) is 43.4 Å². The summed E-state index contributed by atoms with van der Waals surface area (Å²) in [5, 5.41) is 8.81. The Morgan fingerprint density at radius 1 is 1.00 bits per heavy atom. The van der Waals surface area contributed by atoms with Crippen LogP contribution in [0.1, 0.15) is 38.5 Å². The third-order valence-corrected chi connectivity index (χ3v) is 3.52. The zero-order valence-electron chi connectivity index (χ0n) is 7.13. The normalized spacial score (nSPS) is 42.8. The molecule has 0 aliphatic heterocycles. The lowest BCUT2D eigenvalue weighted by atomic mass is 9.80. The van der Waals surface area contributed by atoms with Crippen molar-refractivity contribution >= 4 is 0 Å². The van der Waals surface area contributed by atoms with Gasteiger partial charge in [0.25, 0.3) is 0 Å². The maximum Gasteiger partial charge on any atom is 0.0433 e. The van der Waals surface area contributed by atoms with Crippen molar-refractivity contribution in [1.29, 1.82) is 0 Å². The summed E-state index contributed by atoms with van der Waals surface area (Å²) in [6.07, 6.45) is 8.35. The van der Waals surface area contributed by atoms with Crippen molar-refractivity contribution in [2.45, 2.75) is 38.5 Å². The van der Waals surface area contributed by atoms with Crippen LogP contribution in [0.15, 0.2) is 0 Å². The van der Waals surface area contributed by atoms with E-state index in [0.29, 0.717) is 6.61 Å². The Balaban J connectivity index is 1.87. The molecule has 0 aromatic rings. The Morgan fingerprint density at radius 3 is 2.18 bits per heavy atom. The second kappa shape index (κ2) is 3.14. The fraction of sp³-hybridized carbons (Fsp3) is 1.00. The van der Waals surface area contributed by atoms with Gasteiger partial charge in [-0.2, -0.15) is 0 Å². The lowest BCUT2D eigenvalue weighted by Gasteiger charge is -2.26. The number of aliphatic hydroxyl groups excluding tert-OH is 1. The summed E-state index contributed by atoms with van der Waals surface area (Å²) in [5.41, 5.74) is 0. The summed E-state index contributed by atoms with van der Waals surface area (Å²) in [5.74, 6) is 2.93. The fourth-order valence-electron chi connectivity index (χ4n) is 3.06. The Bertz CT molecular complexity index is 121. The maximum absolute atomic E-state index is 8.81. The van der Waals surface area contributed by atoms with Gasteiger partial charge in [0, 0.05) is 6.61 Å². The number of fused-ring (bicyclic) bond motifs is 2. The molecule has 0 unspecified atom stereocenters. The van der Waals surface area contributed by atoms with E-state index >= 15 is 0 Å². The zero-order chi connectivity index (χ0) is 7.68. The highest BCUT2D eigenvalue weighted by atomic mass is 16.3. The van der Waals surface area contributed by atoms with Gasteiger partial charge in [0.1, 0.15) is 0 Å². The van der Waals surface area contributed by atoms with Crippen molar-refractivity contribution in [3.63, 3.8) is 0 Å². The van der Waals surface area contributed by atoms with E-state index < -0.39 is 0 Å². The first-order chi connectivity index (χ1) is 5.38. The quantitative estimate of drug-likeness (QED) is 0.646. The minimum atomic E-state index is 0.407. The van der Waals surface area contributed by atoms with Crippen LogP contribution in [0.4, 0.5) is 0 Å². The van der Waals surface area contributed by atoms with E-state index in [2.05, 4.69) is 0 Å². The summed E-state index contributed by atoms with van der Waals surface area (Å²) in [6.45, 7) is 0.407. The van der Waals surface area contributed by atoms with E-state index in [-0.39, 0.29) is 0 Å². The van der Waals surface area contributed by atoms with Crippen molar-refractivity contribution in [2.24, 2.45) is 17.8 Å². The molecule has 2 rings (SSSR count). The molecule has 0 aromatic heterocycles. The summed E-state index contributed by atoms with van der Waals surface area (Å²) >= 11 is 0.